The van der Waals surface area contributed by atoms with Crippen molar-refractivity contribution in [2.24, 2.45) is 0 Å². The first-order valence-corrected chi connectivity index (χ1v) is 10.8. The predicted molar refractivity (Wildman–Crippen MR) is 128 cm³/mol. The Morgan fingerprint density at radius 3 is 2.58 bits per heavy atom. The van der Waals surface area contributed by atoms with Crippen molar-refractivity contribution in [2.45, 2.75) is 20.0 Å². The fourth-order valence-corrected chi connectivity index (χ4v) is 3.44. The number of amides is 1. The molecule has 1 N–H and O–H groups in total. The minimum Gasteiger partial charge on any atom is -0.488 e. The molecule has 0 fully saturated rings. The Morgan fingerprint density at radius 2 is 1.90 bits per heavy atom. The molecule has 0 radical (unpaired) electrons. The molecule has 4 nitrogen and oxygen atoms in total. The van der Waals surface area contributed by atoms with Crippen molar-refractivity contribution >= 4 is 45.2 Å². The lowest BCUT2D eigenvalue weighted by molar-refractivity contribution is -0.112. The molecule has 31 heavy (non-hydrogen) atoms. The SMILES string of the molecule is CCc1ccc(NC(=O)/C(C#N)=C/c2cc(Cl)ccc2OCc2ccccc2Br)cc1. The first-order chi connectivity index (χ1) is 15.0. The Morgan fingerprint density at radius 1 is 1.16 bits per heavy atom. The topological polar surface area (TPSA) is 62.1 Å². The van der Waals surface area contributed by atoms with Gasteiger partial charge in [0.2, 0.25) is 0 Å². The van der Waals surface area contributed by atoms with Crippen molar-refractivity contribution in [1.82, 2.24) is 0 Å². The third-order valence-corrected chi connectivity index (χ3v) is 5.61. The number of halogens is 2. The highest BCUT2D eigenvalue weighted by atomic mass is 79.9. The van der Waals surface area contributed by atoms with Crippen LogP contribution in [0.3, 0.4) is 0 Å². The van der Waals surface area contributed by atoms with E-state index in [4.69, 9.17) is 16.3 Å². The molecule has 0 atom stereocenters. The van der Waals surface area contributed by atoms with E-state index in [1.54, 1.807) is 18.2 Å². The van der Waals surface area contributed by atoms with E-state index >= 15 is 0 Å². The standard InChI is InChI=1S/C25H20BrClN2O2/c1-2-17-7-10-22(11-8-17)29-25(30)20(15-28)13-19-14-21(27)9-12-24(19)31-16-18-5-3-4-6-23(18)26/h3-14H,2,16H2,1H3,(H,29,30)/b20-13+. The fourth-order valence-electron chi connectivity index (χ4n) is 2.86. The Balaban J connectivity index is 1.82. The number of hydrogen-bond acceptors (Lipinski definition) is 3. The van der Waals surface area contributed by atoms with Crippen molar-refractivity contribution in [2.75, 3.05) is 5.32 Å². The number of anilines is 1. The van der Waals surface area contributed by atoms with E-state index in [2.05, 4.69) is 28.2 Å². The zero-order valence-electron chi connectivity index (χ0n) is 16.9. The number of hydrogen-bond donors (Lipinski definition) is 1. The molecule has 0 aliphatic rings. The van der Waals surface area contributed by atoms with Crippen molar-refractivity contribution in [3.63, 3.8) is 0 Å². The summed E-state index contributed by atoms with van der Waals surface area (Å²) in [7, 11) is 0. The molecule has 6 heteroatoms. The van der Waals surface area contributed by atoms with Crippen LogP contribution in [0.2, 0.25) is 5.02 Å². The number of benzene rings is 3. The molecule has 0 aliphatic heterocycles. The zero-order valence-corrected chi connectivity index (χ0v) is 19.2. The van der Waals surface area contributed by atoms with E-state index in [-0.39, 0.29) is 5.57 Å². The minimum atomic E-state index is -0.497. The highest BCUT2D eigenvalue weighted by Gasteiger charge is 2.12. The smallest absolute Gasteiger partial charge is 0.266 e. The van der Waals surface area contributed by atoms with Gasteiger partial charge in [0, 0.05) is 26.3 Å². The summed E-state index contributed by atoms with van der Waals surface area (Å²) in [5, 5.41) is 12.8. The largest absolute Gasteiger partial charge is 0.488 e. The first-order valence-electron chi connectivity index (χ1n) is 9.68. The van der Waals surface area contributed by atoms with E-state index in [1.165, 1.54) is 11.6 Å². The molecule has 0 saturated carbocycles. The second-order valence-corrected chi connectivity index (χ2v) is 8.03. The lowest BCUT2D eigenvalue weighted by Crippen LogP contribution is -2.13. The van der Waals surface area contributed by atoms with E-state index in [9.17, 15) is 10.1 Å². The molecule has 1 amide bonds. The maximum atomic E-state index is 12.6. The molecule has 3 aromatic carbocycles. The van der Waals surface area contributed by atoms with Crippen molar-refractivity contribution in [3.05, 3.63) is 98.5 Å². The normalized spacial score (nSPS) is 11.0. The minimum absolute atomic E-state index is 0.0485. The molecule has 156 valence electrons. The second-order valence-electron chi connectivity index (χ2n) is 6.74. The highest BCUT2D eigenvalue weighted by molar-refractivity contribution is 9.10. The Kier molecular flexibility index (Phi) is 7.88. The summed E-state index contributed by atoms with van der Waals surface area (Å²) in [6.45, 7) is 2.38. The van der Waals surface area contributed by atoms with Gasteiger partial charge < -0.3 is 10.1 Å². The first kappa shape index (κ1) is 22.6. The van der Waals surface area contributed by atoms with Gasteiger partial charge in [-0.05, 0) is 54.5 Å². The van der Waals surface area contributed by atoms with Gasteiger partial charge in [-0.3, -0.25) is 4.79 Å². The van der Waals surface area contributed by atoms with Gasteiger partial charge in [-0.15, -0.1) is 0 Å². The molecule has 0 bridgehead atoms. The molecule has 0 heterocycles. The number of nitriles is 1. The van der Waals surface area contributed by atoms with Gasteiger partial charge in [-0.1, -0.05) is 64.8 Å². The lowest BCUT2D eigenvalue weighted by atomic mass is 10.1. The lowest BCUT2D eigenvalue weighted by Gasteiger charge is -2.11. The quantitative estimate of drug-likeness (QED) is 0.290. The van der Waals surface area contributed by atoms with E-state index in [0.717, 1.165) is 16.5 Å². The zero-order chi connectivity index (χ0) is 22.2. The van der Waals surface area contributed by atoms with Crippen molar-refractivity contribution in [1.29, 1.82) is 5.26 Å². The molecule has 0 saturated heterocycles. The van der Waals surface area contributed by atoms with Crippen LogP contribution in [-0.2, 0) is 17.8 Å². The average Bonchev–Trinajstić information content (AvgIpc) is 2.78. The van der Waals surface area contributed by atoms with Gasteiger partial charge in [0.15, 0.2) is 0 Å². The van der Waals surface area contributed by atoms with Crippen LogP contribution in [-0.4, -0.2) is 5.91 Å². The number of carbonyl (C=O) groups excluding carboxylic acids is 1. The second kappa shape index (κ2) is 10.8. The van der Waals surface area contributed by atoms with Crippen molar-refractivity contribution < 1.29 is 9.53 Å². The number of nitrogens with zero attached hydrogens (tertiary/aromatic N) is 1. The Bertz CT molecular complexity index is 1150. The summed E-state index contributed by atoms with van der Waals surface area (Å²) < 4.78 is 6.89. The molecular weight excluding hydrogens is 476 g/mol. The predicted octanol–water partition coefficient (Wildman–Crippen LogP) is 6.79. The van der Waals surface area contributed by atoms with Crippen LogP contribution in [0.5, 0.6) is 5.75 Å². The van der Waals surface area contributed by atoms with Crippen LogP contribution < -0.4 is 10.1 Å². The molecule has 0 aliphatic carbocycles. The Labute approximate surface area is 195 Å². The monoisotopic (exact) mass is 494 g/mol. The number of nitrogens with one attached hydrogen (secondary N) is 1. The molecule has 0 unspecified atom stereocenters. The van der Waals surface area contributed by atoms with Crippen LogP contribution in [0.25, 0.3) is 6.08 Å². The van der Waals surface area contributed by atoms with Gasteiger partial charge in [0.05, 0.1) is 0 Å². The molecule has 3 aromatic rings. The third-order valence-electron chi connectivity index (χ3n) is 4.60. The van der Waals surface area contributed by atoms with Crippen LogP contribution in [0.4, 0.5) is 5.69 Å². The summed E-state index contributed by atoms with van der Waals surface area (Å²) >= 11 is 9.65. The maximum absolute atomic E-state index is 12.6. The average molecular weight is 496 g/mol. The molecule has 3 rings (SSSR count). The van der Waals surface area contributed by atoms with Gasteiger partial charge in [0.1, 0.15) is 24.0 Å². The van der Waals surface area contributed by atoms with E-state index < -0.39 is 5.91 Å². The summed E-state index contributed by atoms with van der Waals surface area (Å²) in [4.78, 5) is 12.6. The summed E-state index contributed by atoms with van der Waals surface area (Å²) in [5.41, 5.74) is 3.26. The van der Waals surface area contributed by atoms with Gasteiger partial charge in [-0.25, -0.2) is 0 Å². The van der Waals surface area contributed by atoms with E-state index in [0.29, 0.717) is 28.6 Å². The van der Waals surface area contributed by atoms with Gasteiger partial charge in [-0.2, -0.15) is 5.26 Å². The molecular formula is C25H20BrClN2O2. The fraction of sp³-hybridized carbons (Fsp3) is 0.120. The number of aryl methyl sites for hydroxylation is 1. The van der Waals surface area contributed by atoms with Crippen LogP contribution in [0.15, 0.2) is 76.8 Å². The van der Waals surface area contributed by atoms with E-state index in [1.807, 2.05) is 54.6 Å². The maximum Gasteiger partial charge on any atom is 0.266 e. The number of ether oxygens (including phenoxy) is 1. The van der Waals surface area contributed by atoms with Crippen LogP contribution in [0, 0.1) is 11.3 Å². The molecule has 0 aromatic heterocycles. The van der Waals surface area contributed by atoms with Gasteiger partial charge in [0.25, 0.3) is 5.91 Å². The van der Waals surface area contributed by atoms with Crippen LogP contribution in [0.1, 0.15) is 23.6 Å². The summed E-state index contributed by atoms with van der Waals surface area (Å²) in [5.74, 6) is 0.0245. The third kappa shape index (κ3) is 6.21. The summed E-state index contributed by atoms with van der Waals surface area (Å²) in [6, 6.07) is 22.3. The number of rotatable bonds is 7. The van der Waals surface area contributed by atoms with Crippen molar-refractivity contribution in [3.8, 4) is 11.8 Å². The van der Waals surface area contributed by atoms with Gasteiger partial charge >= 0.3 is 0 Å². The number of carbonyl (C=O) groups is 1. The summed E-state index contributed by atoms with van der Waals surface area (Å²) in [6.07, 6.45) is 2.39. The highest BCUT2D eigenvalue weighted by Crippen LogP contribution is 2.27. The van der Waals surface area contributed by atoms with Crippen LogP contribution >= 0.6 is 27.5 Å². The Hall–Kier alpha value is -3.07. The molecule has 0 spiro atoms.